The van der Waals surface area contributed by atoms with Crippen molar-refractivity contribution in [1.29, 1.82) is 0 Å². The third kappa shape index (κ3) is 2.88. The number of pyridine rings is 1. The number of aromatic nitrogens is 1. The van der Waals surface area contributed by atoms with E-state index in [4.69, 9.17) is 5.73 Å². The fourth-order valence-electron chi connectivity index (χ4n) is 2.57. The largest absolute Gasteiger partial charge is 0.334 e. The first kappa shape index (κ1) is 13.0. The van der Waals surface area contributed by atoms with Crippen LogP contribution in [-0.4, -0.2) is 34.9 Å². The quantitative estimate of drug-likeness (QED) is 0.881. The molecule has 2 N–H and O–H groups in total. The van der Waals surface area contributed by atoms with Gasteiger partial charge in [-0.1, -0.05) is 12.8 Å². The average molecular weight is 247 g/mol. The SMILES string of the molecule is Cc1ccc(C(=O)N(CCN)C2CCCC2)cn1. The number of carbonyl (C=O) groups is 1. The van der Waals surface area contributed by atoms with Gasteiger partial charge in [-0.25, -0.2) is 0 Å². The molecular weight excluding hydrogens is 226 g/mol. The standard InChI is InChI=1S/C14H21N3O/c1-11-6-7-12(10-16-11)14(18)17(9-8-15)13-4-2-3-5-13/h6-7,10,13H,2-5,8-9,15H2,1H3. The van der Waals surface area contributed by atoms with Gasteiger partial charge in [0.2, 0.25) is 0 Å². The molecule has 1 saturated carbocycles. The Bertz CT molecular complexity index is 396. The summed E-state index contributed by atoms with van der Waals surface area (Å²) in [6.45, 7) is 3.07. The van der Waals surface area contributed by atoms with E-state index in [-0.39, 0.29) is 5.91 Å². The molecule has 0 bridgehead atoms. The fraction of sp³-hybridized carbons (Fsp3) is 0.571. The Balaban J connectivity index is 2.14. The van der Waals surface area contributed by atoms with Gasteiger partial charge in [0.25, 0.3) is 5.91 Å². The molecule has 1 aromatic heterocycles. The van der Waals surface area contributed by atoms with Gasteiger partial charge in [0.15, 0.2) is 0 Å². The molecule has 1 aromatic rings. The topological polar surface area (TPSA) is 59.2 Å². The first-order valence-corrected chi connectivity index (χ1v) is 6.66. The number of rotatable bonds is 4. The van der Waals surface area contributed by atoms with Crippen molar-refractivity contribution < 1.29 is 4.79 Å². The lowest BCUT2D eigenvalue weighted by Crippen LogP contribution is -2.42. The molecule has 2 rings (SSSR count). The number of amides is 1. The Hall–Kier alpha value is -1.42. The highest BCUT2D eigenvalue weighted by Gasteiger charge is 2.26. The van der Waals surface area contributed by atoms with Crippen molar-refractivity contribution in [2.24, 2.45) is 5.73 Å². The van der Waals surface area contributed by atoms with Crippen LogP contribution >= 0.6 is 0 Å². The zero-order chi connectivity index (χ0) is 13.0. The lowest BCUT2D eigenvalue weighted by molar-refractivity contribution is 0.0687. The van der Waals surface area contributed by atoms with Crippen LogP contribution in [0.1, 0.15) is 41.7 Å². The van der Waals surface area contributed by atoms with Gasteiger partial charge in [0.05, 0.1) is 5.56 Å². The van der Waals surface area contributed by atoms with Crippen molar-refractivity contribution in [1.82, 2.24) is 9.88 Å². The molecule has 1 heterocycles. The summed E-state index contributed by atoms with van der Waals surface area (Å²) < 4.78 is 0. The van der Waals surface area contributed by atoms with E-state index in [1.54, 1.807) is 6.20 Å². The van der Waals surface area contributed by atoms with E-state index < -0.39 is 0 Å². The normalized spacial score (nSPS) is 15.9. The van der Waals surface area contributed by atoms with E-state index in [0.717, 1.165) is 18.5 Å². The van der Waals surface area contributed by atoms with E-state index in [2.05, 4.69) is 4.98 Å². The van der Waals surface area contributed by atoms with Crippen LogP contribution in [0.3, 0.4) is 0 Å². The highest BCUT2D eigenvalue weighted by molar-refractivity contribution is 5.94. The average Bonchev–Trinajstić information content (AvgIpc) is 2.90. The van der Waals surface area contributed by atoms with E-state index in [1.165, 1.54) is 12.8 Å². The third-order valence-electron chi connectivity index (χ3n) is 3.55. The van der Waals surface area contributed by atoms with Crippen molar-refractivity contribution in [3.63, 3.8) is 0 Å². The van der Waals surface area contributed by atoms with Crippen LogP contribution in [0, 0.1) is 6.92 Å². The van der Waals surface area contributed by atoms with Crippen LogP contribution in [0.4, 0.5) is 0 Å². The van der Waals surface area contributed by atoms with Crippen LogP contribution in [-0.2, 0) is 0 Å². The Morgan fingerprint density at radius 3 is 2.72 bits per heavy atom. The summed E-state index contributed by atoms with van der Waals surface area (Å²) in [6.07, 6.45) is 6.29. The molecule has 98 valence electrons. The summed E-state index contributed by atoms with van der Waals surface area (Å²) in [7, 11) is 0. The summed E-state index contributed by atoms with van der Waals surface area (Å²) in [6, 6.07) is 4.09. The van der Waals surface area contributed by atoms with Crippen LogP contribution in [0.15, 0.2) is 18.3 Å². The molecule has 1 fully saturated rings. The first-order chi connectivity index (χ1) is 8.72. The second kappa shape index (κ2) is 5.96. The van der Waals surface area contributed by atoms with Crippen molar-refractivity contribution in [2.45, 2.75) is 38.6 Å². The van der Waals surface area contributed by atoms with Crippen LogP contribution in [0.5, 0.6) is 0 Å². The maximum absolute atomic E-state index is 12.5. The molecule has 1 aliphatic carbocycles. The number of hydrogen-bond acceptors (Lipinski definition) is 3. The summed E-state index contributed by atoms with van der Waals surface area (Å²) in [5.41, 5.74) is 7.22. The van der Waals surface area contributed by atoms with Gasteiger partial charge in [-0.15, -0.1) is 0 Å². The van der Waals surface area contributed by atoms with E-state index >= 15 is 0 Å². The van der Waals surface area contributed by atoms with Crippen molar-refractivity contribution >= 4 is 5.91 Å². The number of nitrogens with zero attached hydrogens (tertiary/aromatic N) is 2. The number of aryl methyl sites for hydroxylation is 1. The summed E-state index contributed by atoms with van der Waals surface area (Å²) in [4.78, 5) is 18.6. The van der Waals surface area contributed by atoms with E-state index in [0.29, 0.717) is 24.7 Å². The maximum Gasteiger partial charge on any atom is 0.255 e. The van der Waals surface area contributed by atoms with Gasteiger partial charge in [-0.2, -0.15) is 0 Å². The maximum atomic E-state index is 12.5. The minimum Gasteiger partial charge on any atom is -0.334 e. The van der Waals surface area contributed by atoms with Gasteiger partial charge in [0.1, 0.15) is 0 Å². The lowest BCUT2D eigenvalue weighted by atomic mass is 10.1. The number of nitrogens with two attached hydrogens (primary N) is 1. The smallest absolute Gasteiger partial charge is 0.255 e. The zero-order valence-electron chi connectivity index (χ0n) is 10.9. The van der Waals surface area contributed by atoms with Gasteiger partial charge >= 0.3 is 0 Å². The Labute approximate surface area is 108 Å². The predicted molar refractivity (Wildman–Crippen MR) is 71.3 cm³/mol. The lowest BCUT2D eigenvalue weighted by Gasteiger charge is -2.28. The molecule has 0 saturated heterocycles. The Morgan fingerprint density at radius 1 is 1.44 bits per heavy atom. The Kier molecular flexibility index (Phi) is 4.31. The predicted octanol–water partition coefficient (Wildman–Crippen LogP) is 1.73. The minimum absolute atomic E-state index is 0.0693. The first-order valence-electron chi connectivity index (χ1n) is 6.66. The summed E-state index contributed by atoms with van der Waals surface area (Å²) in [5.74, 6) is 0.0693. The number of hydrogen-bond donors (Lipinski definition) is 1. The van der Waals surface area contributed by atoms with Gasteiger partial charge in [-0.3, -0.25) is 9.78 Å². The molecule has 0 unspecified atom stereocenters. The minimum atomic E-state index is 0.0693. The zero-order valence-corrected chi connectivity index (χ0v) is 10.9. The van der Waals surface area contributed by atoms with Crippen molar-refractivity contribution in [2.75, 3.05) is 13.1 Å². The van der Waals surface area contributed by atoms with Gasteiger partial charge in [-0.05, 0) is 31.9 Å². The van der Waals surface area contributed by atoms with E-state index in [1.807, 2.05) is 24.0 Å². The van der Waals surface area contributed by atoms with Crippen LogP contribution < -0.4 is 5.73 Å². The fourth-order valence-corrected chi connectivity index (χ4v) is 2.57. The molecule has 0 radical (unpaired) electrons. The van der Waals surface area contributed by atoms with Gasteiger partial charge in [0, 0.05) is 31.0 Å². The molecule has 1 amide bonds. The third-order valence-corrected chi connectivity index (χ3v) is 3.55. The van der Waals surface area contributed by atoms with E-state index in [9.17, 15) is 4.79 Å². The second-order valence-electron chi connectivity index (χ2n) is 4.91. The molecule has 1 aliphatic rings. The monoisotopic (exact) mass is 247 g/mol. The Morgan fingerprint density at radius 2 is 2.17 bits per heavy atom. The molecule has 4 nitrogen and oxygen atoms in total. The van der Waals surface area contributed by atoms with Crippen molar-refractivity contribution in [3.8, 4) is 0 Å². The molecular formula is C14H21N3O. The van der Waals surface area contributed by atoms with Crippen molar-refractivity contribution in [3.05, 3.63) is 29.6 Å². The molecule has 18 heavy (non-hydrogen) atoms. The van der Waals surface area contributed by atoms with Crippen LogP contribution in [0.2, 0.25) is 0 Å². The highest BCUT2D eigenvalue weighted by Crippen LogP contribution is 2.24. The molecule has 0 spiro atoms. The second-order valence-corrected chi connectivity index (χ2v) is 4.91. The molecule has 4 heteroatoms. The van der Waals surface area contributed by atoms with Crippen LogP contribution in [0.25, 0.3) is 0 Å². The highest BCUT2D eigenvalue weighted by atomic mass is 16.2. The number of carbonyl (C=O) groups excluding carboxylic acids is 1. The van der Waals surface area contributed by atoms with Gasteiger partial charge < -0.3 is 10.6 Å². The summed E-state index contributed by atoms with van der Waals surface area (Å²) >= 11 is 0. The summed E-state index contributed by atoms with van der Waals surface area (Å²) in [5, 5.41) is 0. The molecule has 0 aromatic carbocycles. The molecule has 0 aliphatic heterocycles. The molecule has 0 atom stereocenters.